The van der Waals surface area contributed by atoms with E-state index >= 15 is 0 Å². The first-order chi connectivity index (χ1) is 15.0. The fraction of sp³-hybridized carbons (Fsp3) is 0.320. The standard InChI is InChI=1S/C25H28N4O2/c1-18(30)21-6-3-5-20(15-21)16-28-13-4-7-22(17-28)25(31)27-23-8-10-24(11-9-23)29-14-12-26-19(29)2/h3,5-6,8-12,14-15,22H,4,7,13,16-17H2,1-2H3,(H,27,31)/t22-/m1/s1. The van der Waals surface area contributed by atoms with Crippen molar-refractivity contribution >= 4 is 17.4 Å². The van der Waals surface area contributed by atoms with Gasteiger partial charge in [-0.15, -0.1) is 0 Å². The number of ketones is 1. The number of hydrogen-bond acceptors (Lipinski definition) is 4. The van der Waals surface area contributed by atoms with Crippen molar-refractivity contribution in [2.45, 2.75) is 33.2 Å². The van der Waals surface area contributed by atoms with Crippen LogP contribution in [0.2, 0.25) is 0 Å². The highest BCUT2D eigenvalue weighted by Gasteiger charge is 2.26. The maximum Gasteiger partial charge on any atom is 0.228 e. The lowest BCUT2D eigenvalue weighted by atomic mass is 9.96. The molecule has 3 aromatic rings. The van der Waals surface area contributed by atoms with Crippen molar-refractivity contribution in [3.05, 3.63) is 77.9 Å². The molecule has 4 rings (SSSR count). The molecule has 1 amide bonds. The van der Waals surface area contributed by atoms with Crippen molar-refractivity contribution in [3.63, 3.8) is 0 Å². The number of carbonyl (C=O) groups excluding carboxylic acids is 2. The molecule has 0 unspecified atom stereocenters. The molecule has 160 valence electrons. The molecular formula is C25H28N4O2. The van der Waals surface area contributed by atoms with Crippen LogP contribution >= 0.6 is 0 Å². The summed E-state index contributed by atoms with van der Waals surface area (Å²) >= 11 is 0. The number of carbonyl (C=O) groups is 2. The minimum Gasteiger partial charge on any atom is -0.326 e. The molecule has 1 N–H and O–H groups in total. The van der Waals surface area contributed by atoms with E-state index in [0.29, 0.717) is 0 Å². The lowest BCUT2D eigenvalue weighted by Crippen LogP contribution is -2.40. The number of likely N-dealkylation sites (tertiary alicyclic amines) is 1. The Morgan fingerprint density at radius 2 is 1.97 bits per heavy atom. The Balaban J connectivity index is 1.36. The van der Waals surface area contributed by atoms with Crippen molar-refractivity contribution in [1.82, 2.24) is 14.5 Å². The fourth-order valence-electron chi connectivity index (χ4n) is 4.16. The van der Waals surface area contributed by atoms with Crippen LogP contribution < -0.4 is 5.32 Å². The van der Waals surface area contributed by atoms with Gasteiger partial charge >= 0.3 is 0 Å². The highest BCUT2D eigenvalue weighted by molar-refractivity contribution is 5.94. The molecule has 31 heavy (non-hydrogen) atoms. The number of amides is 1. The van der Waals surface area contributed by atoms with Gasteiger partial charge < -0.3 is 9.88 Å². The molecule has 6 nitrogen and oxygen atoms in total. The van der Waals surface area contributed by atoms with Gasteiger partial charge in [0.2, 0.25) is 5.91 Å². The third-order valence-electron chi connectivity index (χ3n) is 5.85. The minimum atomic E-state index is -0.0414. The smallest absolute Gasteiger partial charge is 0.228 e. The van der Waals surface area contributed by atoms with Crippen LogP contribution in [0.3, 0.4) is 0 Å². The number of nitrogens with zero attached hydrogens (tertiary/aromatic N) is 3. The van der Waals surface area contributed by atoms with Crippen LogP contribution in [0.5, 0.6) is 0 Å². The average Bonchev–Trinajstić information content (AvgIpc) is 3.20. The molecule has 2 aromatic carbocycles. The Kier molecular flexibility index (Phi) is 6.28. The van der Waals surface area contributed by atoms with Crippen molar-refractivity contribution in [3.8, 4) is 5.69 Å². The molecule has 1 fully saturated rings. The van der Waals surface area contributed by atoms with Crippen LogP contribution in [0.25, 0.3) is 5.69 Å². The van der Waals surface area contributed by atoms with E-state index in [0.717, 1.165) is 60.8 Å². The molecule has 0 radical (unpaired) electrons. The number of anilines is 1. The summed E-state index contributed by atoms with van der Waals surface area (Å²) in [6, 6.07) is 15.6. The van der Waals surface area contributed by atoms with Gasteiger partial charge in [0.15, 0.2) is 5.78 Å². The zero-order chi connectivity index (χ0) is 21.8. The largest absolute Gasteiger partial charge is 0.326 e. The molecule has 1 aromatic heterocycles. The van der Waals surface area contributed by atoms with Crippen molar-refractivity contribution in [1.29, 1.82) is 0 Å². The van der Waals surface area contributed by atoms with Gasteiger partial charge in [-0.05, 0) is 69.1 Å². The van der Waals surface area contributed by atoms with Crippen LogP contribution in [0, 0.1) is 12.8 Å². The summed E-state index contributed by atoms with van der Waals surface area (Å²) in [5.41, 5.74) is 3.67. The molecule has 1 saturated heterocycles. The SMILES string of the molecule is CC(=O)c1cccc(CN2CCC[C@@H](C(=O)Nc3ccc(-n4ccnc4C)cc3)C2)c1. The van der Waals surface area contributed by atoms with Crippen LogP contribution in [-0.2, 0) is 11.3 Å². The summed E-state index contributed by atoms with van der Waals surface area (Å²) in [5.74, 6) is 1.02. The van der Waals surface area contributed by atoms with Gasteiger partial charge in [0.25, 0.3) is 0 Å². The van der Waals surface area contributed by atoms with E-state index in [9.17, 15) is 9.59 Å². The monoisotopic (exact) mass is 416 g/mol. The maximum absolute atomic E-state index is 12.9. The Bertz CT molecular complexity index is 1070. The van der Waals surface area contributed by atoms with E-state index < -0.39 is 0 Å². The molecule has 1 aliphatic rings. The number of benzene rings is 2. The number of nitrogens with one attached hydrogen (secondary N) is 1. The van der Waals surface area contributed by atoms with E-state index in [4.69, 9.17) is 0 Å². The van der Waals surface area contributed by atoms with Gasteiger partial charge in [-0.2, -0.15) is 0 Å². The van der Waals surface area contributed by atoms with Crippen LogP contribution in [-0.4, -0.2) is 39.2 Å². The Morgan fingerprint density at radius 1 is 1.16 bits per heavy atom. The molecule has 1 atom stereocenters. The molecule has 0 aliphatic carbocycles. The number of piperidine rings is 1. The van der Waals surface area contributed by atoms with Crippen LogP contribution in [0.15, 0.2) is 60.9 Å². The Morgan fingerprint density at radius 3 is 2.68 bits per heavy atom. The summed E-state index contributed by atoms with van der Waals surface area (Å²) in [6.45, 7) is 5.99. The summed E-state index contributed by atoms with van der Waals surface area (Å²) in [4.78, 5) is 31.1. The third kappa shape index (κ3) is 5.09. The van der Waals surface area contributed by atoms with Crippen LogP contribution in [0.4, 0.5) is 5.69 Å². The lowest BCUT2D eigenvalue weighted by molar-refractivity contribution is -0.121. The summed E-state index contributed by atoms with van der Waals surface area (Å²) < 4.78 is 2.01. The first kappa shape index (κ1) is 21.0. The number of aromatic nitrogens is 2. The molecular weight excluding hydrogens is 388 g/mol. The predicted octanol–water partition coefficient (Wildman–Crippen LogP) is 4.23. The Labute approximate surface area is 182 Å². The van der Waals surface area contributed by atoms with E-state index in [-0.39, 0.29) is 17.6 Å². The van der Waals surface area contributed by atoms with Gasteiger partial charge in [0.05, 0.1) is 5.92 Å². The Hall–Kier alpha value is -3.25. The van der Waals surface area contributed by atoms with E-state index in [1.165, 1.54) is 0 Å². The van der Waals surface area contributed by atoms with Gasteiger partial charge in [0, 0.05) is 42.4 Å². The second-order valence-electron chi connectivity index (χ2n) is 8.21. The second-order valence-corrected chi connectivity index (χ2v) is 8.21. The molecule has 1 aliphatic heterocycles. The van der Waals surface area contributed by atoms with Crippen molar-refractivity contribution in [2.75, 3.05) is 18.4 Å². The predicted molar refractivity (Wildman–Crippen MR) is 121 cm³/mol. The van der Waals surface area contributed by atoms with Gasteiger partial charge in [-0.1, -0.05) is 18.2 Å². The maximum atomic E-state index is 12.9. The van der Waals surface area contributed by atoms with Gasteiger partial charge in [-0.3, -0.25) is 14.5 Å². The average molecular weight is 417 g/mol. The number of hydrogen-bond donors (Lipinski definition) is 1. The number of rotatable bonds is 6. The number of imidazole rings is 1. The molecule has 0 spiro atoms. The first-order valence-corrected chi connectivity index (χ1v) is 10.7. The topological polar surface area (TPSA) is 67.2 Å². The summed E-state index contributed by atoms with van der Waals surface area (Å²) in [5, 5.41) is 3.07. The van der Waals surface area contributed by atoms with Crippen molar-refractivity contribution < 1.29 is 9.59 Å². The molecule has 0 saturated carbocycles. The lowest BCUT2D eigenvalue weighted by Gasteiger charge is -2.32. The molecule has 2 heterocycles. The zero-order valence-electron chi connectivity index (χ0n) is 18.0. The van der Waals surface area contributed by atoms with E-state index in [2.05, 4.69) is 15.2 Å². The van der Waals surface area contributed by atoms with Gasteiger partial charge in [0.1, 0.15) is 5.82 Å². The minimum absolute atomic E-state index is 0.0414. The summed E-state index contributed by atoms with van der Waals surface area (Å²) in [6.07, 6.45) is 5.58. The fourth-order valence-corrected chi connectivity index (χ4v) is 4.16. The number of aryl methyl sites for hydroxylation is 1. The summed E-state index contributed by atoms with van der Waals surface area (Å²) in [7, 11) is 0. The highest BCUT2D eigenvalue weighted by Crippen LogP contribution is 2.22. The normalized spacial score (nSPS) is 16.8. The van der Waals surface area contributed by atoms with E-state index in [1.54, 1.807) is 13.1 Å². The van der Waals surface area contributed by atoms with Gasteiger partial charge in [-0.25, -0.2) is 4.98 Å². The van der Waals surface area contributed by atoms with Crippen molar-refractivity contribution in [2.24, 2.45) is 5.92 Å². The quantitative estimate of drug-likeness (QED) is 0.611. The molecule has 0 bridgehead atoms. The molecule has 6 heteroatoms. The second kappa shape index (κ2) is 9.27. The highest BCUT2D eigenvalue weighted by atomic mass is 16.2. The van der Waals surface area contributed by atoms with E-state index in [1.807, 2.05) is 66.2 Å². The zero-order valence-corrected chi connectivity index (χ0v) is 18.0. The van der Waals surface area contributed by atoms with Crippen LogP contribution in [0.1, 0.15) is 41.5 Å². The first-order valence-electron chi connectivity index (χ1n) is 10.7. The third-order valence-corrected chi connectivity index (χ3v) is 5.85. The number of Topliss-reactive ketones (excluding diaryl/α,β-unsaturated/α-hetero) is 1.